The maximum absolute atomic E-state index is 11.9. The topological polar surface area (TPSA) is 41.6 Å². The number of benzene rings is 2. The minimum absolute atomic E-state index is 0.0314. The van der Waals surface area contributed by atoms with E-state index in [1.807, 2.05) is 41.3 Å². The van der Waals surface area contributed by atoms with E-state index >= 15 is 0 Å². The van der Waals surface area contributed by atoms with Crippen LogP contribution in [0.25, 0.3) is 0 Å². The quantitative estimate of drug-likeness (QED) is 0.775. The zero-order chi connectivity index (χ0) is 19.4. The van der Waals surface area contributed by atoms with E-state index in [9.17, 15) is 4.79 Å². The molecule has 3 rings (SSSR count). The van der Waals surface area contributed by atoms with E-state index in [0.717, 1.165) is 23.0 Å². The highest BCUT2D eigenvalue weighted by Crippen LogP contribution is 2.26. The summed E-state index contributed by atoms with van der Waals surface area (Å²) in [5.74, 6) is 1.63. The van der Waals surface area contributed by atoms with Gasteiger partial charge < -0.3 is 15.0 Å². The predicted octanol–water partition coefficient (Wildman–Crippen LogP) is 4.80. The second-order valence-corrected chi connectivity index (χ2v) is 7.89. The van der Waals surface area contributed by atoms with Crippen molar-refractivity contribution in [3.8, 4) is 5.75 Å². The maximum atomic E-state index is 11.9. The summed E-state index contributed by atoms with van der Waals surface area (Å²) < 4.78 is 6.31. The van der Waals surface area contributed by atoms with Crippen LogP contribution < -0.4 is 10.1 Å². The summed E-state index contributed by atoms with van der Waals surface area (Å²) in [7, 11) is 0. The molecule has 0 aromatic heterocycles. The third-order valence-corrected chi connectivity index (χ3v) is 5.30. The number of nitrogens with zero attached hydrogens (tertiary/aromatic N) is 1. The lowest BCUT2D eigenvalue weighted by molar-refractivity contribution is -0.128. The van der Waals surface area contributed by atoms with Crippen LogP contribution >= 0.6 is 11.6 Å². The maximum Gasteiger partial charge on any atom is 0.219 e. The molecule has 27 heavy (non-hydrogen) atoms. The van der Waals surface area contributed by atoms with Gasteiger partial charge in [0.2, 0.25) is 5.91 Å². The summed E-state index contributed by atoms with van der Waals surface area (Å²) in [5, 5.41) is 4.16. The molecule has 5 heteroatoms. The van der Waals surface area contributed by atoms with Crippen molar-refractivity contribution < 1.29 is 9.53 Å². The van der Waals surface area contributed by atoms with Crippen molar-refractivity contribution in [3.05, 3.63) is 59.1 Å². The first-order valence-electron chi connectivity index (χ1n) is 9.44. The summed E-state index contributed by atoms with van der Waals surface area (Å²) in [6, 6.07) is 15.9. The average molecular weight is 387 g/mol. The largest absolute Gasteiger partial charge is 0.488 e. The van der Waals surface area contributed by atoms with Crippen molar-refractivity contribution >= 4 is 23.2 Å². The molecule has 1 heterocycles. The molecule has 1 saturated heterocycles. The fourth-order valence-corrected chi connectivity index (χ4v) is 3.49. The van der Waals surface area contributed by atoms with Crippen LogP contribution in [-0.4, -0.2) is 36.5 Å². The van der Waals surface area contributed by atoms with Crippen LogP contribution in [0.1, 0.15) is 32.3 Å². The van der Waals surface area contributed by atoms with Crippen molar-refractivity contribution in [2.24, 2.45) is 5.92 Å². The lowest BCUT2D eigenvalue weighted by atomic mass is 10.0. The highest BCUT2D eigenvalue weighted by molar-refractivity contribution is 6.30. The second kappa shape index (κ2) is 8.66. The van der Waals surface area contributed by atoms with E-state index in [-0.39, 0.29) is 17.9 Å². The SMILES string of the molecule is CC(=O)N1CC(Oc2cccc(C(C)C)c2)[C@@H](CNc2ccc(Cl)cc2)C1. The standard InChI is InChI=1S/C22H27ClN2O2/c1-15(2)17-5-4-6-21(11-17)27-22-14-25(16(3)26)13-18(22)12-24-20-9-7-19(23)8-10-20/h4-11,15,18,22,24H,12-14H2,1-3H3/t18-,22?/m0/s1. The molecule has 2 atom stereocenters. The van der Waals surface area contributed by atoms with Crippen molar-refractivity contribution in [1.29, 1.82) is 0 Å². The van der Waals surface area contributed by atoms with Crippen LogP contribution in [0, 0.1) is 5.92 Å². The highest BCUT2D eigenvalue weighted by Gasteiger charge is 2.35. The van der Waals surface area contributed by atoms with Gasteiger partial charge in [-0.1, -0.05) is 37.6 Å². The Bertz CT molecular complexity index is 776. The minimum Gasteiger partial charge on any atom is -0.488 e. The number of nitrogens with one attached hydrogen (secondary N) is 1. The van der Waals surface area contributed by atoms with Gasteiger partial charge in [-0.2, -0.15) is 0 Å². The number of anilines is 1. The Balaban J connectivity index is 1.69. The fourth-order valence-electron chi connectivity index (χ4n) is 3.37. The van der Waals surface area contributed by atoms with Gasteiger partial charge >= 0.3 is 0 Å². The van der Waals surface area contributed by atoms with Gasteiger partial charge in [0.15, 0.2) is 0 Å². The monoisotopic (exact) mass is 386 g/mol. The normalized spacial score (nSPS) is 19.4. The van der Waals surface area contributed by atoms with Gasteiger partial charge in [-0.05, 0) is 47.9 Å². The number of rotatable bonds is 6. The Hall–Kier alpha value is -2.20. The molecule has 0 saturated carbocycles. The lowest BCUT2D eigenvalue weighted by Crippen LogP contribution is -2.31. The van der Waals surface area contributed by atoms with Crippen molar-refractivity contribution in [2.45, 2.75) is 32.8 Å². The van der Waals surface area contributed by atoms with Crippen LogP contribution in [0.15, 0.2) is 48.5 Å². The number of likely N-dealkylation sites (tertiary alicyclic amines) is 1. The van der Waals surface area contributed by atoms with Crippen LogP contribution in [-0.2, 0) is 4.79 Å². The fraction of sp³-hybridized carbons (Fsp3) is 0.409. The number of carbonyl (C=O) groups excluding carboxylic acids is 1. The Kier molecular flexibility index (Phi) is 6.27. The molecule has 1 unspecified atom stereocenters. The molecule has 0 spiro atoms. The molecule has 1 N–H and O–H groups in total. The number of hydrogen-bond acceptors (Lipinski definition) is 3. The molecule has 144 valence electrons. The first kappa shape index (κ1) is 19.6. The Morgan fingerprint density at radius 2 is 1.96 bits per heavy atom. The number of hydrogen-bond donors (Lipinski definition) is 1. The van der Waals surface area contributed by atoms with Crippen LogP contribution in [0.5, 0.6) is 5.75 Å². The summed E-state index contributed by atoms with van der Waals surface area (Å²) in [6.45, 7) is 8.01. The van der Waals surface area contributed by atoms with Gasteiger partial charge in [-0.3, -0.25) is 4.79 Å². The predicted molar refractivity (Wildman–Crippen MR) is 111 cm³/mol. The van der Waals surface area contributed by atoms with Crippen LogP contribution in [0.3, 0.4) is 0 Å². The Morgan fingerprint density at radius 3 is 2.63 bits per heavy atom. The first-order chi connectivity index (χ1) is 12.9. The molecule has 1 fully saturated rings. The van der Waals surface area contributed by atoms with Crippen molar-refractivity contribution in [3.63, 3.8) is 0 Å². The smallest absolute Gasteiger partial charge is 0.219 e. The highest BCUT2D eigenvalue weighted by atomic mass is 35.5. The summed E-state index contributed by atoms with van der Waals surface area (Å²) in [6.07, 6.45) is -0.0314. The van der Waals surface area contributed by atoms with Crippen LogP contribution in [0.4, 0.5) is 5.69 Å². The summed E-state index contributed by atoms with van der Waals surface area (Å²) in [4.78, 5) is 13.7. The average Bonchev–Trinajstić information content (AvgIpc) is 3.04. The molecule has 1 aliphatic rings. The third-order valence-electron chi connectivity index (χ3n) is 5.05. The van der Waals surface area contributed by atoms with Crippen molar-refractivity contribution in [1.82, 2.24) is 4.90 Å². The van der Waals surface area contributed by atoms with Gasteiger partial charge in [0.05, 0.1) is 6.54 Å². The Morgan fingerprint density at radius 1 is 1.22 bits per heavy atom. The lowest BCUT2D eigenvalue weighted by Gasteiger charge is -2.21. The van der Waals surface area contributed by atoms with Crippen molar-refractivity contribution in [2.75, 3.05) is 25.0 Å². The van der Waals surface area contributed by atoms with Gasteiger partial charge in [0.1, 0.15) is 11.9 Å². The minimum atomic E-state index is -0.0314. The molecular weight excluding hydrogens is 360 g/mol. The number of halogens is 1. The molecule has 0 aliphatic carbocycles. The first-order valence-corrected chi connectivity index (χ1v) is 9.81. The number of amides is 1. The van der Waals surface area contributed by atoms with Gasteiger partial charge in [0.25, 0.3) is 0 Å². The van der Waals surface area contributed by atoms with E-state index in [4.69, 9.17) is 16.3 Å². The second-order valence-electron chi connectivity index (χ2n) is 7.46. The zero-order valence-corrected chi connectivity index (χ0v) is 16.9. The molecule has 0 radical (unpaired) electrons. The molecule has 4 nitrogen and oxygen atoms in total. The van der Waals surface area contributed by atoms with E-state index in [0.29, 0.717) is 19.0 Å². The molecular formula is C22H27ClN2O2. The van der Waals surface area contributed by atoms with Gasteiger partial charge in [0, 0.05) is 36.6 Å². The van der Waals surface area contributed by atoms with E-state index in [1.54, 1.807) is 6.92 Å². The van der Waals surface area contributed by atoms with Gasteiger partial charge in [-0.25, -0.2) is 0 Å². The molecule has 1 amide bonds. The van der Waals surface area contributed by atoms with Crippen LogP contribution in [0.2, 0.25) is 5.02 Å². The third kappa shape index (κ3) is 5.16. The summed E-state index contributed by atoms with van der Waals surface area (Å²) in [5.41, 5.74) is 2.27. The Labute approximate surface area is 166 Å². The van der Waals surface area contributed by atoms with E-state index in [2.05, 4.69) is 31.3 Å². The summed E-state index contributed by atoms with van der Waals surface area (Å²) >= 11 is 5.95. The molecule has 2 aromatic carbocycles. The molecule has 0 bridgehead atoms. The van der Waals surface area contributed by atoms with E-state index < -0.39 is 0 Å². The zero-order valence-electron chi connectivity index (χ0n) is 16.1. The molecule has 1 aliphatic heterocycles. The van der Waals surface area contributed by atoms with Gasteiger partial charge in [-0.15, -0.1) is 0 Å². The number of ether oxygens (including phenoxy) is 1. The van der Waals surface area contributed by atoms with E-state index in [1.165, 1.54) is 5.56 Å². The molecule has 2 aromatic rings. The number of carbonyl (C=O) groups is 1.